The molecule has 5 heteroatoms. The van der Waals surface area contributed by atoms with Crippen LogP contribution >= 0.6 is 11.6 Å². The molecule has 0 saturated carbocycles. The molecule has 0 fully saturated rings. The number of phenolic OH excluding ortho intramolecular Hbond substituents is 2. The van der Waals surface area contributed by atoms with Crippen molar-refractivity contribution in [1.29, 1.82) is 0 Å². The average molecular weight is 232 g/mol. The number of rotatable bonds is 2. The van der Waals surface area contributed by atoms with E-state index in [0.717, 1.165) is 0 Å². The van der Waals surface area contributed by atoms with E-state index in [2.05, 4.69) is 0 Å². The number of nitrogens with two attached hydrogens (primary N) is 1. The smallest absolute Gasteiger partial charge is 0.143 e. The van der Waals surface area contributed by atoms with Crippen molar-refractivity contribution < 1.29 is 15.3 Å². The highest BCUT2D eigenvalue weighted by atomic mass is 35.5. The Balaban J connectivity index is 3.32. The highest BCUT2D eigenvalue weighted by molar-refractivity contribution is 6.33. The van der Waals surface area contributed by atoms with Crippen molar-refractivity contribution in [2.45, 2.75) is 26.0 Å². The van der Waals surface area contributed by atoms with Gasteiger partial charge in [0.15, 0.2) is 0 Å². The van der Waals surface area contributed by atoms with Crippen molar-refractivity contribution in [2.75, 3.05) is 0 Å². The average Bonchev–Trinajstić information content (AvgIpc) is 2.19. The molecule has 0 radical (unpaired) electrons. The summed E-state index contributed by atoms with van der Waals surface area (Å²) in [5, 5.41) is 28.6. The van der Waals surface area contributed by atoms with Crippen molar-refractivity contribution in [3.63, 3.8) is 0 Å². The van der Waals surface area contributed by atoms with Crippen LogP contribution in [0.3, 0.4) is 0 Å². The van der Waals surface area contributed by atoms with E-state index in [1.165, 1.54) is 6.07 Å². The first kappa shape index (κ1) is 12.1. The number of aliphatic hydroxyl groups is 1. The van der Waals surface area contributed by atoms with Gasteiger partial charge in [0.05, 0.1) is 6.10 Å². The van der Waals surface area contributed by atoms with Gasteiger partial charge in [-0.1, -0.05) is 11.6 Å². The van der Waals surface area contributed by atoms with Gasteiger partial charge in [-0.2, -0.15) is 0 Å². The van der Waals surface area contributed by atoms with Gasteiger partial charge in [-0.25, -0.2) is 0 Å². The Bertz CT molecular complexity index is 379. The molecule has 0 spiro atoms. The van der Waals surface area contributed by atoms with Crippen molar-refractivity contribution in [3.05, 3.63) is 22.2 Å². The first-order valence-electron chi connectivity index (χ1n) is 4.50. The van der Waals surface area contributed by atoms with Crippen LogP contribution < -0.4 is 5.73 Å². The summed E-state index contributed by atoms with van der Waals surface area (Å²) in [6.45, 7) is 3.23. The predicted octanol–water partition coefficient (Wildman–Crippen LogP) is 1.44. The number of aryl methyl sites for hydroxylation is 1. The topological polar surface area (TPSA) is 86.7 Å². The number of aromatic hydroxyl groups is 2. The van der Waals surface area contributed by atoms with Gasteiger partial charge in [-0.05, 0) is 25.5 Å². The van der Waals surface area contributed by atoms with E-state index < -0.39 is 12.1 Å². The second-order valence-corrected chi connectivity index (χ2v) is 3.98. The lowest BCUT2D eigenvalue weighted by Crippen LogP contribution is -2.24. The fourth-order valence-corrected chi connectivity index (χ4v) is 1.55. The second kappa shape index (κ2) is 4.26. The summed E-state index contributed by atoms with van der Waals surface area (Å²) >= 11 is 5.68. The van der Waals surface area contributed by atoms with E-state index >= 15 is 0 Å². The lowest BCUT2D eigenvalue weighted by Gasteiger charge is -2.18. The molecule has 1 rings (SSSR count). The summed E-state index contributed by atoms with van der Waals surface area (Å²) in [7, 11) is 0. The van der Waals surface area contributed by atoms with Crippen LogP contribution in [0.15, 0.2) is 6.07 Å². The Labute approximate surface area is 92.9 Å². The zero-order valence-corrected chi connectivity index (χ0v) is 9.28. The van der Waals surface area contributed by atoms with Gasteiger partial charge in [0.1, 0.15) is 16.5 Å². The number of halogens is 1. The highest BCUT2D eigenvalue weighted by Crippen LogP contribution is 2.40. The summed E-state index contributed by atoms with van der Waals surface area (Å²) < 4.78 is 0. The molecule has 15 heavy (non-hydrogen) atoms. The monoisotopic (exact) mass is 231 g/mol. The molecule has 4 nitrogen and oxygen atoms in total. The maximum Gasteiger partial charge on any atom is 0.143 e. The fraction of sp³-hybridized carbons (Fsp3) is 0.400. The number of phenols is 2. The summed E-state index contributed by atoms with van der Waals surface area (Å²) in [5.74, 6) is -0.514. The van der Waals surface area contributed by atoms with Crippen molar-refractivity contribution in [3.8, 4) is 11.5 Å². The Morgan fingerprint density at radius 1 is 1.33 bits per heavy atom. The minimum atomic E-state index is -1.01. The van der Waals surface area contributed by atoms with Crippen molar-refractivity contribution >= 4 is 11.6 Å². The lowest BCUT2D eigenvalue weighted by molar-refractivity contribution is 0.149. The molecule has 2 unspecified atom stereocenters. The van der Waals surface area contributed by atoms with Gasteiger partial charge >= 0.3 is 0 Å². The number of benzene rings is 1. The van der Waals surface area contributed by atoms with Crippen LogP contribution in [0.4, 0.5) is 0 Å². The molecule has 0 aliphatic rings. The fourth-order valence-electron chi connectivity index (χ4n) is 1.29. The van der Waals surface area contributed by atoms with Crippen LogP contribution in [0.5, 0.6) is 11.5 Å². The zero-order chi connectivity index (χ0) is 11.7. The molecule has 2 atom stereocenters. The van der Waals surface area contributed by atoms with Crippen LogP contribution in [-0.4, -0.2) is 21.4 Å². The SMILES string of the molecule is Cc1cc(C(O)C(C)N)c(O)c(Cl)c1O. The first-order chi connectivity index (χ1) is 6.86. The third kappa shape index (κ3) is 2.17. The molecule has 5 N–H and O–H groups in total. The Morgan fingerprint density at radius 2 is 1.87 bits per heavy atom. The van der Waals surface area contributed by atoms with Crippen LogP contribution in [0.25, 0.3) is 0 Å². The Morgan fingerprint density at radius 3 is 2.33 bits per heavy atom. The Kier molecular flexibility index (Phi) is 3.44. The first-order valence-corrected chi connectivity index (χ1v) is 4.88. The summed E-state index contributed by atoms with van der Waals surface area (Å²) in [6.07, 6.45) is -1.01. The number of hydrogen-bond donors (Lipinski definition) is 4. The van der Waals surface area contributed by atoms with E-state index in [1.54, 1.807) is 13.8 Å². The number of hydrogen-bond acceptors (Lipinski definition) is 4. The quantitative estimate of drug-likeness (QED) is 0.620. The minimum absolute atomic E-state index is 0.162. The van der Waals surface area contributed by atoms with Crippen molar-refractivity contribution in [2.24, 2.45) is 5.73 Å². The van der Waals surface area contributed by atoms with Gasteiger partial charge in [-0.3, -0.25) is 0 Å². The van der Waals surface area contributed by atoms with Gasteiger partial charge in [-0.15, -0.1) is 0 Å². The van der Waals surface area contributed by atoms with Crippen LogP contribution in [0.2, 0.25) is 5.02 Å². The van der Waals surface area contributed by atoms with Crippen molar-refractivity contribution in [1.82, 2.24) is 0 Å². The van der Waals surface area contributed by atoms with E-state index in [4.69, 9.17) is 17.3 Å². The maximum absolute atomic E-state index is 9.69. The maximum atomic E-state index is 9.69. The summed E-state index contributed by atoms with van der Waals surface area (Å²) in [5.41, 5.74) is 6.21. The number of aliphatic hydroxyl groups excluding tert-OH is 1. The molecule has 0 bridgehead atoms. The largest absolute Gasteiger partial charge is 0.506 e. The van der Waals surface area contributed by atoms with Crippen LogP contribution in [0, 0.1) is 6.92 Å². The third-order valence-electron chi connectivity index (χ3n) is 2.25. The molecule has 0 saturated heterocycles. The zero-order valence-electron chi connectivity index (χ0n) is 8.53. The van der Waals surface area contributed by atoms with Gasteiger partial charge in [0, 0.05) is 11.6 Å². The molecule has 1 aromatic carbocycles. The van der Waals surface area contributed by atoms with E-state index in [-0.39, 0.29) is 22.1 Å². The minimum Gasteiger partial charge on any atom is -0.506 e. The second-order valence-electron chi connectivity index (χ2n) is 3.60. The lowest BCUT2D eigenvalue weighted by atomic mass is 10.0. The van der Waals surface area contributed by atoms with E-state index in [0.29, 0.717) is 5.56 Å². The molecule has 0 aromatic heterocycles. The normalized spacial score (nSPS) is 15.0. The molecular weight excluding hydrogens is 218 g/mol. The molecular formula is C10H14ClNO3. The third-order valence-corrected chi connectivity index (χ3v) is 2.61. The molecule has 0 aliphatic carbocycles. The van der Waals surface area contributed by atoms with E-state index in [1.807, 2.05) is 0 Å². The summed E-state index contributed by atoms with van der Waals surface area (Å²) in [6, 6.07) is 0.931. The van der Waals surface area contributed by atoms with Crippen LogP contribution in [0.1, 0.15) is 24.2 Å². The summed E-state index contributed by atoms with van der Waals surface area (Å²) in [4.78, 5) is 0. The molecule has 1 aromatic rings. The Hall–Kier alpha value is -0.970. The molecule has 0 heterocycles. The van der Waals surface area contributed by atoms with Gasteiger partial charge < -0.3 is 21.1 Å². The predicted molar refractivity (Wildman–Crippen MR) is 58.1 cm³/mol. The van der Waals surface area contributed by atoms with Crippen LogP contribution in [-0.2, 0) is 0 Å². The van der Waals surface area contributed by atoms with Gasteiger partial charge in [0.25, 0.3) is 0 Å². The van der Waals surface area contributed by atoms with E-state index in [9.17, 15) is 15.3 Å². The molecule has 84 valence electrons. The van der Waals surface area contributed by atoms with Gasteiger partial charge in [0.2, 0.25) is 0 Å². The molecule has 0 aliphatic heterocycles. The highest BCUT2D eigenvalue weighted by Gasteiger charge is 2.21. The standard InChI is InChI=1S/C10H14ClNO3/c1-4-3-6(9(14)5(2)12)10(15)7(11)8(4)13/h3,5,9,13-15H,12H2,1-2H3. The molecule has 0 amide bonds.